The lowest BCUT2D eigenvalue weighted by atomic mass is 9.80. The Morgan fingerprint density at radius 2 is 1.71 bits per heavy atom. The highest BCUT2D eigenvalue weighted by Gasteiger charge is 2.47. The standard InChI is InChI=1S/C38H36F4N6O4/c1-3-46-36-32(30(45-48(36)27-10-5-4-6-11-27)18-43-34(49)22(2)19-47-28-17-29(47)21-52-20-28)31(23-12-14-26(39)15-13-23)33(37(46)51)44-35(50)24-8-7-9-25(16-24)38(40,41)42/h4-16,28-29,31,33H,2-3,17-21H2,1H3,(H,43,49)(H,44,50)/t28?,29?,31-,33-/m0/s1. The molecule has 4 atom stereocenters. The molecule has 10 nitrogen and oxygen atoms in total. The lowest BCUT2D eigenvalue weighted by Crippen LogP contribution is -2.64. The normalized spacial score (nSPS) is 21.2. The predicted molar refractivity (Wildman–Crippen MR) is 183 cm³/mol. The van der Waals surface area contributed by atoms with E-state index in [0.29, 0.717) is 53.7 Å². The van der Waals surface area contributed by atoms with E-state index in [0.717, 1.165) is 24.6 Å². The Bertz CT molecular complexity index is 2000. The number of nitrogens with zero attached hydrogens (tertiary/aromatic N) is 4. The molecule has 0 radical (unpaired) electrons. The molecular formula is C38H36F4N6O4. The number of aromatic nitrogens is 2. The van der Waals surface area contributed by atoms with Crippen LogP contribution in [-0.4, -0.2) is 76.8 Å². The van der Waals surface area contributed by atoms with E-state index in [4.69, 9.17) is 9.84 Å². The first-order valence-electron chi connectivity index (χ1n) is 17.0. The number of hydrogen-bond donors (Lipinski definition) is 2. The number of ether oxygens (including phenoxy) is 1. The predicted octanol–water partition coefficient (Wildman–Crippen LogP) is 4.97. The molecule has 2 N–H and O–H groups in total. The van der Waals surface area contributed by atoms with Crippen LogP contribution >= 0.6 is 0 Å². The summed E-state index contributed by atoms with van der Waals surface area (Å²) in [4.78, 5) is 45.2. The molecule has 14 heteroatoms. The molecule has 3 aliphatic rings. The first-order valence-corrected chi connectivity index (χ1v) is 17.0. The average molecular weight is 717 g/mol. The molecule has 52 heavy (non-hydrogen) atoms. The second-order valence-corrected chi connectivity index (χ2v) is 13.1. The van der Waals surface area contributed by atoms with Crippen molar-refractivity contribution in [2.75, 3.05) is 31.2 Å². The van der Waals surface area contributed by atoms with Crippen LogP contribution in [0.2, 0.25) is 0 Å². The summed E-state index contributed by atoms with van der Waals surface area (Å²) < 4.78 is 62.1. The summed E-state index contributed by atoms with van der Waals surface area (Å²) >= 11 is 0. The third-order valence-electron chi connectivity index (χ3n) is 9.90. The van der Waals surface area contributed by atoms with Crippen LogP contribution in [0.5, 0.6) is 0 Å². The molecule has 2 fully saturated rings. The first-order chi connectivity index (χ1) is 24.9. The molecule has 0 saturated carbocycles. The zero-order valence-electron chi connectivity index (χ0n) is 28.2. The maximum absolute atomic E-state index is 14.5. The van der Waals surface area contributed by atoms with Crippen LogP contribution in [0, 0.1) is 5.82 Å². The first kappa shape index (κ1) is 35.1. The Morgan fingerprint density at radius 3 is 2.37 bits per heavy atom. The van der Waals surface area contributed by atoms with Crippen molar-refractivity contribution < 1.29 is 36.7 Å². The number of anilines is 1. The number of fused-ring (bicyclic) bond motifs is 3. The Morgan fingerprint density at radius 1 is 1.00 bits per heavy atom. The minimum absolute atomic E-state index is 0.0896. The van der Waals surface area contributed by atoms with Gasteiger partial charge in [0, 0.05) is 47.8 Å². The van der Waals surface area contributed by atoms with Gasteiger partial charge in [-0.15, -0.1) is 0 Å². The quantitative estimate of drug-likeness (QED) is 0.177. The van der Waals surface area contributed by atoms with Crippen molar-refractivity contribution >= 4 is 23.5 Å². The summed E-state index contributed by atoms with van der Waals surface area (Å²) in [5.74, 6) is -2.97. The van der Waals surface area contributed by atoms with Crippen LogP contribution in [0.15, 0.2) is 91.0 Å². The van der Waals surface area contributed by atoms with Crippen LogP contribution in [0.1, 0.15) is 52.0 Å². The number of morpholine rings is 1. The molecular weight excluding hydrogens is 680 g/mol. The van der Waals surface area contributed by atoms with Gasteiger partial charge in [-0.1, -0.05) is 43.0 Å². The summed E-state index contributed by atoms with van der Waals surface area (Å²) in [6.07, 6.45) is -3.68. The van der Waals surface area contributed by atoms with E-state index in [1.165, 1.54) is 35.2 Å². The number of carbonyl (C=O) groups is 3. The maximum Gasteiger partial charge on any atom is 0.416 e. The lowest BCUT2D eigenvalue weighted by molar-refractivity contribution is -0.137. The highest BCUT2D eigenvalue weighted by Crippen LogP contribution is 2.44. The number of hydrogen-bond acceptors (Lipinski definition) is 6. The summed E-state index contributed by atoms with van der Waals surface area (Å²) in [6.45, 7) is 7.42. The Balaban J connectivity index is 1.29. The Labute approximate surface area is 297 Å². The van der Waals surface area contributed by atoms with Crippen LogP contribution in [0.3, 0.4) is 0 Å². The molecule has 3 aliphatic heterocycles. The summed E-state index contributed by atoms with van der Waals surface area (Å²) in [7, 11) is 0. The average Bonchev–Trinajstić information content (AvgIpc) is 3.52. The van der Waals surface area contributed by atoms with E-state index >= 15 is 0 Å². The molecule has 270 valence electrons. The molecule has 4 heterocycles. The zero-order chi connectivity index (χ0) is 36.7. The minimum Gasteiger partial charge on any atom is -0.378 e. The van der Waals surface area contributed by atoms with Crippen LogP contribution in [0.25, 0.3) is 5.69 Å². The van der Waals surface area contributed by atoms with E-state index in [-0.39, 0.29) is 36.6 Å². The Hall–Kier alpha value is -5.34. The van der Waals surface area contributed by atoms with Gasteiger partial charge in [-0.25, -0.2) is 9.07 Å². The second kappa shape index (κ2) is 14.0. The molecule has 2 unspecified atom stereocenters. The van der Waals surface area contributed by atoms with Crippen LogP contribution < -0.4 is 15.5 Å². The summed E-state index contributed by atoms with van der Waals surface area (Å²) in [6, 6.07) is 17.5. The number of amides is 3. The topological polar surface area (TPSA) is 109 Å². The number of para-hydroxylation sites is 1. The molecule has 2 bridgehead atoms. The number of alkyl halides is 3. The third-order valence-corrected chi connectivity index (χ3v) is 9.90. The number of halogens is 4. The number of nitrogens with one attached hydrogen (secondary N) is 2. The zero-order valence-corrected chi connectivity index (χ0v) is 28.2. The van der Waals surface area contributed by atoms with Crippen molar-refractivity contribution in [1.29, 1.82) is 0 Å². The van der Waals surface area contributed by atoms with Crippen molar-refractivity contribution in [3.8, 4) is 5.69 Å². The largest absolute Gasteiger partial charge is 0.416 e. The number of rotatable bonds is 10. The van der Waals surface area contributed by atoms with Crippen molar-refractivity contribution in [3.05, 3.63) is 125 Å². The van der Waals surface area contributed by atoms with Crippen LogP contribution in [0.4, 0.5) is 23.4 Å². The molecule has 3 amide bonds. The molecule has 0 spiro atoms. The van der Waals surface area contributed by atoms with Gasteiger partial charge in [0.15, 0.2) is 0 Å². The number of likely N-dealkylation sites (N-methyl/N-ethyl adjacent to an activating group) is 1. The summed E-state index contributed by atoms with van der Waals surface area (Å²) in [5, 5.41) is 10.5. The highest BCUT2D eigenvalue weighted by atomic mass is 19.4. The van der Waals surface area contributed by atoms with Gasteiger partial charge < -0.3 is 15.4 Å². The maximum atomic E-state index is 14.5. The molecule has 1 aromatic heterocycles. The van der Waals surface area contributed by atoms with Gasteiger partial charge in [0.2, 0.25) is 5.91 Å². The fraction of sp³-hybridized carbons (Fsp3) is 0.316. The molecule has 4 aromatic rings. The van der Waals surface area contributed by atoms with E-state index in [1.807, 2.05) is 18.2 Å². The SMILES string of the molecule is C=C(CN1C2COCC1C2)C(=O)NCc1nn(-c2ccccc2)c2c1[C@H](c1ccc(F)cc1)[C@H](NC(=O)c1cccc(C(F)(F)F)c1)C(=O)N2CC. The van der Waals surface area contributed by atoms with Gasteiger partial charge >= 0.3 is 6.18 Å². The molecule has 2 saturated heterocycles. The highest BCUT2D eigenvalue weighted by molar-refractivity contribution is 6.05. The van der Waals surface area contributed by atoms with Crippen LogP contribution in [-0.2, 0) is 27.0 Å². The van der Waals surface area contributed by atoms with E-state index in [1.54, 1.807) is 23.7 Å². The fourth-order valence-electron chi connectivity index (χ4n) is 7.30. The van der Waals surface area contributed by atoms with Gasteiger partial charge in [-0.05, 0) is 61.4 Å². The molecule has 0 aliphatic carbocycles. The van der Waals surface area contributed by atoms with Gasteiger partial charge in [0.05, 0.1) is 36.7 Å². The van der Waals surface area contributed by atoms with Crippen molar-refractivity contribution in [2.45, 2.75) is 50.1 Å². The minimum atomic E-state index is -4.69. The van der Waals surface area contributed by atoms with Gasteiger partial charge in [-0.2, -0.15) is 18.3 Å². The van der Waals surface area contributed by atoms with E-state index in [9.17, 15) is 31.9 Å². The fourth-order valence-corrected chi connectivity index (χ4v) is 7.30. The third kappa shape index (κ3) is 6.59. The second-order valence-electron chi connectivity index (χ2n) is 13.1. The van der Waals surface area contributed by atoms with E-state index in [2.05, 4.69) is 22.1 Å². The summed E-state index contributed by atoms with van der Waals surface area (Å²) in [5.41, 5.74) is 0.953. The van der Waals surface area contributed by atoms with Gasteiger partial charge in [0.25, 0.3) is 11.8 Å². The molecule has 3 aromatic carbocycles. The van der Waals surface area contributed by atoms with Gasteiger partial charge in [0.1, 0.15) is 17.7 Å². The lowest BCUT2D eigenvalue weighted by Gasteiger charge is -2.52. The number of benzene rings is 3. The van der Waals surface area contributed by atoms with Crippen molar-refractivity contribution in [1.82, 2.24) is 25.3 Å². The van der Waals surface area contributed by atoms with E-state index < -0.39 is 41.3 Å². The Kier molecular flexibility index (Phi) is 9.44. The van der Waals surface area contributed by atoms with Gasteiger partial charge in [-0.3, -0.25) is 24.2 Å². The monoisotopic (exact) mass is 716 g/mol. The molecule has 7 rings (SSSR count). The van der Waals surface area contributed by atoms with Crippen molar-refractivity contribution in [3.63, 3.8) is 0 Å². The smallest absolute Gasteiger partial charge is 0.378 e. The van der Waals surface area contributed by atoms with Crippen molar-refractivity contribution in [2.24, 2.45) is 0 Å². The number of carbonyl (C=O) groups excluding carboxylic acids is 3.